The molecule has 28 heavy (non-hydrogen) atoms. The molecule has 1 N–H and O–H groups in total. The number of rotatable bonds is 3. The summed E-state index contributed by atoms with van der Waals surface area (Å²) in [4.78, 5) is 35.2. The number of hydrogen-bond acceptors (Lipinski definition) is 7. The van der Waals surface area contributed by atoms with Crippen LogP contribution in [-0.4, -0.2) is 57.2 Å². The molecule has 0 radical (unpaired) electrons. The van der Waals surface area contributed by atoms with Gasteiger partial charge in [0.15, 0.2) is 0 Å². The highest BCUT2D eigenvalue weighted by Crippen LogP contribution is 2.28. The Morgan fingerprint density at radius 1 is 1.25 bits per heavy atom. The lowest BCUT2D eigenvalue weighted by molar-refractivity contribution is -0.115. The fourth-order valence-electron chi connectivity index (χ4n) is 3.44. The second-order valence-electron chi connectivity index (χ2n) is 6.86. The molecular formula is C19H21N5O2S2. The highest BCUT2D eigenvalue weighted by molar-refractivity contribution is 8.26. The van der Waals surface area contributed by atoms with E-state index in [1.807, 2.05) is 19.1 Å². The lowest BCUT2D eigenvalue weighted by Crippen LogP contribution is -2.47. The molecule has 2 aliphatic heterocycles. The molecule has 0 unspecified atom stereocenters. The van der Waals surface area contributed by atoms with Crippen LogP contribution in [0.2, 0.25) is 0 Å². The Kier molecular flexibility index (Phi) is 5.22. The van der Waals surface area contributed by atoms with Crippen LogP contribution >= 0.6 is 24.0 Å². The number of piperazine rings is 1. The van der Waals surface area contributed by atoms with Gasteiger partial charge in [-0.3, -0.25) is 14.0 Å². The van der Waals surface area contributed by atoms with Crippen molar-refractivity contribution >= 4 is 51.7 Å². The van der Waals surface area contributed by atoms with Gasteiger partial charge in [0.2, 0.25) is 0 Å². The monoisotopic (exact) mass is 415 g/mol. The fraction of sp³-hybridized carbons (Fsp3) is 0.368. The van der Waals surface area contributed by atoms with Gasteiger partial charge in [0.1, 0.15) is 15.8 Å². The number of pyridine rings is 1. The van der Waals surface area contributed by atoms with Crippen molar-refractivity contribution in [3.63, 3.8) is 0 Å². The van der Waals surface area contributed by atoms with Crippen molar-refractivity contribution in [3.05, 3.63) is 44.7 Å². The highest BCUT2D eigenvalue weighted by atomic mass is 32.2. The summed E-state index contributed by atoms with van der Waals surface area (Å²) < 4.78 is 1.95. The van der Waals surface area contributed by atoms with Crippen LogP contribution in [-0.2, 0) is 4.79 Å². The number of fused-ring (bicyclic) bond motifs is 1. The van der Waals surface area contributed by atoms with Gasteiger partial charge in [-0.25, -0.2) is 4.98 Å². The van der Waals surface area contributed by atoms with E-state index in [9.17, 15) is 9.59 Å². The van der Waals surface area contributed by atoms with Crippen LogP contribution in [0, 0.1) is 6.92 Å². The zero-order valence-electron chi connectivity index (χ0n) is 15.8. The predicted molar refractivity (Wildman–Crippen MR) is 117 cm³/mol. The van der Waals surface area contributed by atoms with Crippen molar-refractivity contribution in [2.45, 2.75) is 13.8 Å². The molecule has 0 aliphatic carbocycles. The summed E-state index contributed by atoms with van der Waals surface area (Å²) in [5.74, 6) is 0.355. The maximum absolute atomic E-state index is 13.3. The molecule has 2 aromatic rings. The van der Waals surface area contributed by atoms with Gasteiger partial charge in [-0.15, -0.1) is 0 Å². The molecule has 0 atom stereocenters. The molecular weight excluding hydrogens is 394 g/mol. The lowest BCUT2D eigenvalue weighted by Gasteiger charge is -2.35. The molecule has 1 amide bonds. The summed E-state index contributed by atoms with van der Waals surface area (Å²) in [5, 5.41) is 2.60. The van der Waals surface area contributed by atoms with E-state index in [0.717, 1.165) is 38.3 Å². The summed E-state index contributed by atoms with van der Waals surface area (Å²) in [6.45, 7) is 8.49. The Hall–Kier alpha value is -2.23. The van der Waals surface area contributed by atoms with E-state index in [0.29, 0.717) is 26.3 Å². The number of thioether (sulfide) groups is 1. The second kappa shape index (κ2) is 7.65. The van der Waals surface area contributed by atoms with E-state index in [2.05, 4.69) is 22.0 Å². The van der Waals surface area contributed by atoms with Crippen LogP contribution in [0.25, 0.3) is 11.7 Å². The molecule has 2 saturated heterocycles. The normalized spacial score (nSPS) is 19.6. The molecule has 7 nitrogen and oxygen atoms in total. The first-order valence-electron chi connectivity index (χ1n) is 9.21. The van der Waals surface area contributed by atoms with Gasteiger partial charge in [0.25, 0.3) is 11.5 Å². The predicted octanol–water partition coefficient (Wildman–Crippen LogP) is 1.63. The SMILES string of the molecule is CCN1CCN(c2nc3ccc(C)cn3c(=O)c2/C=C2\SC(=S)NC2=O)CC1. The van der Waals surface area contributed by atoms with Crippen LogP contribution in [0.5, 0.6) is 0 Å². The minimum atomic E-state index is -0.273. The summed E-state index contributed by atoms with van der Waals surface area (Å²) in [6.07, 6.45) is 3.41. The third-order valence-electron chi connectivity index (χ3n) is 5.02. The molecule has 9 heteroatoms. The Morgan fingerprint density at radius 2 is 2.00 bits per heavy atom. The zero-order chi connectivity index (χ0) is 19.8. The first-order valence-corrected chi connectivity index (χ1v) is 10.4. The van der Waals surface area contributed by atoms with Crippen LogP contribution in [0.1, 0.15) is 18.1 Å². The maximum atomic E-state index is 13.3. The Labute approximate surface area is 172 Å². The Balaban J connectivity index is 1.86. The van der Waals surface area contributed by atoms with Crippen molar-refractivity contribution in [2.75, 3.05) is 37.6 Å². The molecule has 2 fully saturated rings. The smallest absolute Gasteiger partial charge is 0.267 e. The molecule has 0 aromatic carbocycles. The van der Waals surface area contributed by atoms with E-state index in [-0.39, 0.29) is 11.5 Å². The number of anilines is 1. The standard InChI is InChI=1S/C19H21N5O2S2/c1-3-22-6-8-23(9-7-22)16-13(10-14-17(25)21-19(27)28-14)18(26)24-11-12(2)4-5-15(24)20-16/h4-5,10-11H,3,6-9H2,1-2H3,(H,21,25,27)/b14-10-. The molecule has 2 aliphatic rings. The number of carbonyl (C=O) groups excluding carboxylic acids is 1. The van der Waals surface area contributed by atoms with E-state index in [4.69, 9.17) is 17.2 Å². The van der Waals surface area contributed by atoms with E-state index < -0.39 is 0 Å². The van der Waals surface area contributed by atoms with Gasteiger partial charge in [-0.1, -0.05) is 37.0 Å². The number of hydrogen-bond donors (Lipinski definition) is 1. The molecule has 146 valence electrons. The Morgan fingerprint density at radius 3 is 2.64 bits per heavy atom. The molecule has 4 rings (SSSR count). The number of carbonyl (C=O) groups is 1. The number of aryl methyl sites for hydroxylation is 1. The molecule has 0 spiro atoms. The summed E-state index contributed by atoms with van der Waals surface area (Å²) in [7, 11) is 0. The first kappa shape index (κ1) is 19.1. The molecule has 0 saturated carbocycles. The van der Waals surface area contributed by atoms with Gasteiger partial charge >= 0.3 is 0 Å². The number of amides is 1. The van der Waals surface area contributed by atoms with E-state index in [1.165, 1.54) is 11.8 Å². The first-order chi connectivity index (χ1) is 13.5. The molecule has 0 bridgehead atoms. The van der Waals surface area contributed by atoms with Gasteiger partial charge in [0.05, 0.1) is 10.5 Å². The van der Waals surface area contributed by atoms with Crippen LogP contribution in [0.3, 0.4) is 0 Å². The minimum absolute atomic E-state index is 0.180. The van der Waals surface area contributed by atoms with Gasteiger partial charge in [-0.05, 0) is 31.2 Å². The quantitative estimate of drug-likeness (QED) is 0.604. The van der Waals surface area contributed by atoms with Crippen molar-refractivity contribution in [1.82, 2.24) is 19.6 Å². The summed E-state index contributed by atoms with van der Waals surface area (Å²) in [5.41, 5.74) is 1.81. The van der Waals surface area contributed by atoms with Crippen LogP contribution in [0.4, 0.5) is 5.82 Å². The van der Waals surface area contributed by atoms with E-state index >= 15 is 0 Å². The van der Waals surface area contributed by atoms with Gasteiger partial charge in [0, 0.05) is 32.4 Å². The number of thiocarbonyl (C=S) groups is 1. The van der Waals surface area contributed by atoms with Crippen molar-refractivity contribution in [1.29, 1.82) is 0 Å². The Bertz CT molecular complexity index is 1050. The summed E-state index contributed by atoms with van der Waals surface area (Å²) >= 11 is 6.25. The van der Waals surface area contributed by atoms with Crippen LogP contribution < -0.4 is 15.8 Å². The largest absolute Gasteiger partial charge is 0.353 e. The van der Waals surface area contributed by atoms with Crippen LogP contribution in [0.15, 0.2) is 28.0 Å². The molecule has 4 heterocycles. The van der Waals surface area contributed by atoms with Crippen molar-refractivity contribution in [3.8, 4) is 0 Å². The second-order valence-corrected chi connectivity index (χ2v) is 8.58. The average Bonchev–Trinajstić information content (AvgIpc) is 3.01. The zero-order valence-corrected chi connectivity index (χ0v) is 17.4. The number of aromatic nitrogens is 2. The molecule has 2 aromatic heterocycles. The van der Waals surface area contributed by atoms with E-state index in [1.54, 1.807) is 16.7 Å². The van der Waals surface area contributed by atoms with Crippen molar-refractivity contribution in [2.24, 2.45) is 0 Å². The third-order valence-corrected chi connectivity index (χ3v) is 6.18. The fourth-order valence-corrected chi connectivity index (χ4v) is 4.47. The highest BCUT2D eigenvalue weighted by Gasteiger charge is 2.26. The lowest BCUT2D eigenvalue weighted by atomic mass is 10.2. The van der Waals surface area contributed by atoms with Crippen molar-refractivity contribution < 1.29 is 4.79 Å². The van der Waals surface area contributed by atoms with Gasteiger partial charge < -0.3 is 15.1 Å². The summed E-state index contributed by atoms with van der Waals surface area (Å²) in [6, 6.07) is 3.79. The number of nitrogens with zero attached hydrogens (tertiary/aromatic N) is 4. The number of likely N-dealkylation sites (N-methyl/N-ethyl adjacent to an activating group) is 1. The number of nitrogens with one attached hydrogen (secondary N) is 1. The third kappa shape index (κ3) is 3.57. The topological polar surface area (TPSA) is 70.0 Å². The van der Waals surface area contributed by atoms with Gasteiger partial charge in [-0.2, -0.15) is 0 Å². The minimum Gasteiger partial charge on any atom is -0.353 e. The maximum Gasteiger partial charge on any atom is 0.267 e. The average molecular weight is 416 g/mol.